The SMILES string of the molecule is O=C(CC1NCC2(CN1)SCCCS2)NO. The van der Waals surface area contributed by atoms with Crippen LogP contribution in [0.1, 0.15) is 12.8 Å². The first-order valence-electron chi connectivity index (χ1n) is 5.42. The van der Waals surface area contributed by atoms with Crippen LogP contribution >= 0.6 is 23.5 Å². The molecule has 2 fully saturated rings. The van der Waals surface area contributed by atoms with Crippen LogP contribution in [0.4, 0.5) is 0 Å². The van der Waals surface area contributed by atoms with Crippen molar-refractivity contribution in [1.29, 1.82) is 0 Å². The highest BCUT2D eigenvalue weighted by molar-refractivity contribution is 8.18. The van der Waals surface area contributed by atoms with E-state index in [1.807, 2.05) is 23.5 Å². The van der Waals surface area contributed by atoms with E-state index in [1.54, 1.807) is 5.48 Å². The molecular formula is C9H17N3O2S2. The molecule has 92 valence electrons. The van der Waals surface area contributed by atoms with Gasteiger partial charge in [0.05, 0.1) is 16.7 Å². The molecule has 0 aromatic rings. The fourth-order valence-corrected chi connectivity index (χ4v) is 4.97. The third-order valence-electron chi connectivity index (χ3n) is 2.77. The molecular weight excluding hydrogens is 246 g/mol. The highest BCUT2D eigenvalue weighted by Gasteiger charge is 2.37. The second kappa shape index (κ2) is 5.59. The van der Waals surface area contributed by atoms with Crippen molar-refractivity contribution in [1.82, 2.24) is 16.1 Å². The highest BCUT2D eigenvalue weighted by Crippen LogP contribution is 2.42. The van der Waals surface area contributed by atoms with E-state index in [4.69, 9.17) is 5.21 Å². The minimum Gasteiger partial charge on any atom is -0.299 e. The van der Waals surface area contributed by atoms with Crippen molar-refractivity contribution >= 4 is 29.4 Å². The van der Waals surface area contributed by atoms with Crippen LogP contribution in [0.5, 0.6) is 0 Å². The quantitative estimate of drug-likeness (QED) is 0.414. The van der Waals surface area contributed by atoms with Gasteiger partial charge in [0, 0.05) is 13.1 Å². The maximum absolute atomic E-state index is 11.0. The molecule has 2 aliphatic heterocycles. The Hall–Kier alpha value is 0.0500. The van der Waals surface area contributed by atoms with Crippen LogP contribution < -0.4 is 16.1 Å². The standard InChI is InChI=1S/C9H17N3O2S2/c13-8(12-14)4-7-10-5-9(6-11-7)15-2-1-3-16-9/h7,10-11,14H,1-6H2,(H,12,13). The second-order valence-corrected chi connectivity index (χ2v) is 7.23. The third-order valence-corrected chi connectivity index (χ3v) is 6.09. The van der Waals surface area contributed by atoms with Crippen molar-refractivity contribution in [3.8, 4) is 0 Å². The van der Waals surface area contributed by atoms with E-state index >= 15 is 0 Å². The highest BCUT2D eigenvalue weighted by atomic mass is 32.2. The Labute approximate surface area is 103 Å². The molecule has 16 heavy (non-hydrogen) atoms. The Balaban J connectivity index is 1.79. The number of carbonyl (C=O) groups excluding carboxylic acids is 1. The van der Waals surface area contributed by atoms with Crippen LogP contribution in [0.2, 0.25) is 0 Å². The molecule has 4 N–H and O–H groups in total. The number of amides is 1. The first-order valence-corrected chi connectivity index (χ1v) is 7.39. The van der Waals surface area contributed by atoms with Crippen molar-refractivity contribution in [2.45, 2.75) is 23.1 Å². The van der Waals surface area contributed by atoms with E-state index in [2.05, 4.69) is 10.6 Å². The first-order chi connectivity index (χ1) is 7.74. The summed E-state index contributed by atoms with van der Waals surface area (Å²) in [6, 6.07) is 0. The topological polar surface area (TPSA) is 73.4 Å². The molecule has 0 saturated carbocycles. The third kappa shape index (κ3) is 3.04. The van der Waals surface area contributed by atoms with Gasteiger partial charge in [0.2, 0.25) is 5.91 Å². The number of carbonyl (C=O) groups is 1. The average molecular weight is 263 g/mol. The second-order valence-electron chi connectivity index (χ2n) is 4.01. The Kier molecular flexibility index (Phi) is 4.37. The van der Waals surface area contributed by atoms with Crippen LogP contribution in [0.3, 0.4) is 0 Å². The maximum Gasteiger partial charge on any atom is 0.246 e. The van der Waals surface area contributed by atoms with Crippen LogP contribution in [0.25, 0.3) is 0 Å². The van der Waals surface area contributed by atoms with E-state index in [-0.39, 0.29) is 22.6 Å². The Bertz CT molecular complexity index is 249. The number of nitrogens with one attached hydrogen (secondary N) is 3. The lowest BCUT2D eigenvalue weighted by Gasteiger charge is -2.42. The van der Waals surface area contributed by atoms with Crippen LogP contribution in [0.15, 0.2) is 0 Å². The van der Waals surface area contributed by atoms with Crippen molar-refractivity contribution < 1.29 is 10.0 Å². The zero-order valence-electron chi connectivity index (χ0n) is 8.99. The fraction of sp³-hybridized carbons (Fsp3) is 0.889. The Morgan fingerprint density at radius 1 is 1.38 bits per heavy atom. The normalized spacial score (nSPS) is 25.6. The summed E-state index contributed by atoms with van der Waals surface area (Å²) in [5.41, 5.74) is 1.65. The summed E-state index contributed by atoms with van der Waals surface area (Å²) in [6.45, 7) is 1.83. The molecule has 0 atom stereocenters. The van der Waals surface area contributed by atoms with Gasteiger partial charge in [0.25, 0.3) is 0 Å². The monoisotopic (exact) mass is 263 g/mol. The molecule has 7 heteroatoms. The van der Waals surface area contributed by atoms with Gasteiger partial charge in [-0.3, -0.25) is 20.6 Å². The number of hydroxylamine groups is 1. The predicted molar refractivity (Wildman–Crippen MR) is 66.6 cm³/mol. The van der Waals surface area contributed by atoms with Gasteiger partial charge in [-0.15, -0.1) is 23.5 Å². The minimum absolute atomic E-state index is 0.0269. The van der Waals surface area contributed by atoms with Crippen molar-refractivity contribution in [2.24, 2.45) is 0 Å². The van der Waals surface area contributed by atoms with Gasteiger partial charge in [-0.1, -0.05) is 0 Å². The number of thioether (sulfide) groups is 2. The number of hydrogen-bond donors (Lipinski definition) is 4. The summed E-state index contributed by atoms with van der Waals surface area (Å²) in [5.74, 6) is 2.08. The van der Waals surface area contributed by atoms with Gasteiger partial charge in [-0.25, -0.2) is 5.48 Å². The molecule has 2 rings (SSSR count). The molecule has 2 saturated heterocycles. The molecule has 2 heterocycles. The maximum atomic E-state index is 11.0. The zero-order valence-corrected chi connectivity index (χ0v) is 10.6. The van der Waals surface area contributed by atoms with Crippen LogP contribution in [0, 0.1) is 0 Å². The van der Waals surface area contributed by atoms with E-state index in [9.17, 15) is 4.79 Å². The molecule has 2 aliphatic rings. The van der Waals surface area contributed by atoms with Gasteiger partial charge in [0.1, 0.15) is 0 Å². The van der Waals surface area contributed by atoms with E-state index < -0.39 is 0 Å². The Morgan fingerprint density at radius 2 is 2.00 bits per heavy atom. The summed E-state index contributed by atoms with van der Waals surface area (Å²) in [4.78, 5) is 11.0. The van der Waals surface area contributed by atoms with Gasteiger partial charge < -0.3 is 0 Å². The van der Waals surface area contributed by atoms with Gasteiger partial charge >= 0.3 is 0 Å². The van der Waals surface area contributed by atoms with Gasteiger partial charge in [-0.2, -0.15) is 0 Å². The molecule has 5 nitrogen and oxygen atoms in total. The minimum atomic E-state index is -0.357. The zero-order chi connectivity index (χ0) is 11.4. The van der Waals surface area contributed by atoms with Gasteiger partial charge in [0.15, 0.2) is 0 Å². The molecule has 0 bridgehead atoms. The molecule has 0 aromatic carbocycles. The van der Waals surface area contributed by atoms with E-state index in [0.29, 0.717) is 0 Å². The lowest BCUT2D eigenvalue weighted by Crippen LogP contribution is -2.60. The van der Waals surface area contributed by atoms with E-state index in [1.165, 1.54) is 17.9 Å². The summed E-state index contributed by atoms with van der Waals surface area (Å²) < 4.78 is 0.241. The average Bonchev–Trinajstić information content (AvgIpc) is 2.33. The summed E-state index contributed by atoms with van der Waals surface area (Å²) >= 11 is 4.00. The molecule has 0 aliphatic carbocycles. The van der Waals surface area contributed by atoms with Crippen molar-refractivity contribution in [3.63, 3.8) is 0 Å². The molecule has 0 radical (unpaired) electrons. The lowest BCUT2D eigenvalue weighted by molar-refractivity contribution is -0.130. The van der Waals surface area contributed by atoms with E-state index in [0.717, 1.165) is 13.1 Å². The molecule has 1 amide bonds. The first kappa shape index (κ1) is 12.5. The summed E-state index contributed by atoms with van der Waals surface area (Å²) in [5, 5.41) is 15.1. The number of rotatable bonds is 2. The van der Waals surface area contributed by atoms with Crippen molar-refractivity contribution in [3.05, 3.63) is 0 Å². The predicted octanol–water partition coefficient (Wildman–Crippen LogP) is -0.0328. The smallest absolute Gasteiger partial charge is 0.246 e. The van der Waals surface area contributed by atoms with Gasteiger partial charge in [-0.05, 0) is 17.9 Å². The molecule has 0 aromatic heterocycles. The number of hydrogen-bond acceptors (Lipinski definition) is 6. The fourth-order valence-electron chi connectivity index (χ4n) is 1.89. The Morgan fingerprint density at radius 3 is 2.56 bits per heavy atom. The molecule has 1 spiro atoms. The van der Waals surface area contributed by atoms with Crippen LogP contribution in [-0.4, -0.2) is 46.0 Å². The summed E-state index contributed by atoms with van der Waals surface area (Å²) in [6.07, 6.45) is 1.52. The molecule has 0 unspecified atom stereocenters. The van der Waals surface area contributed by atoms with Crippen molar-refractivity contribution in [2.75, 3.05) is 24.6 Å². The lowest BCUT2D eigenvalue weighted by atomic mass is 10.2. The van der Waals surface area contributed by atoms with Crippen LogP contribution in [-0.2, 0) is 4.79 Å². The summed E-state index contributed by atoms with van der Waals surface area (Å²) in [7, 11) is 0. The largest absolute Gasteiger partial charge is 0.299 e.